The molecule has 0 N–H and O–H groups in total. The maximum absolute atomic E-state index is 12.2. The normalized spacial score (nSPS) is 15.1. The van der Waals surface area contributed by atoms with Crippen molar-refractivity contribution < 1.29 is 57.5 Å². The van der Waals surface area contributed by atoms with E-state index in [2.05, 4.69) is 0 Å². The molecule has 0 heterocycles. The van der Waals surface area contributed by atoms with E-state index in [1.54, 1.807) is 146 Å². The highest BCUT2D eigenvalue weighted by Gasteiger charge is 2.44. The highest BCUT2D eigenvalue weighted by atomic mass is 16.2. The maximum atomic E-state index is 12.2. The zero-order valence-corrected chi connectivity index (χ0v) is 54.5. The van der Waals surface area contributed by atoms with Gasteiger partial charge in [0, 0.05) is 66.8 Å². The zero-order chi connectivity index (χ0) is 71.0. The third kappa shape index (κ3) is 13.1. The van der Waals surface area contributed by atoms with E-state index in [1.165, 1.54) is 0 Å². The Balaban J connectivity index is 0.000000109. The van der Waals surface area contributed by atoms with Crippen molar-refractivity contribution in [1.29, 1.82) is 0 Å². The molecule has 0 unspecified atom stereocenters. The summed E-state index contributed by atoms with van der Waals surface area (Å²) in [5.74, 6) is -4.90. The molecule has 12 aromatic carbocycles. The van der Waals surface area contributed by atoms with E-state index in [1.807, 2.05) is 182 Å². The summed E-state index contributed by atoms with van der Waals surface area (Å²) in [6.45, 7) is 0. The van der Waals surface area contributed by atoms with Crippen LogP contribution in [0.4, 0.5) is 0 Å². The first-order valence-electron chi connectivity index (χ1n) is 33.1. The van der Waals surface area contributed by atoms with Crippen LogP contribution in [0, 0.1) is 0 Å². The Morgan fingerprint density at radius 1 is 0.108 bits per heavy atom. The average molecular weight is 1330 g/mol. The number of fused-ring (bicyclic) bond motifs is 6. The third-order valence-electron chi connectivity index (χ3n) is 18.7. The third-order valence-corrected chi connectivity index (χ3v) is 18.7. The quantitative estimate of drug-likeness (QED) is 0.143. The van der Waals surface area contributed by atoms with Crippen molar-refractivity contribution in [2.75, 3.05) is 0 Å². The van der Waals surface area contributed by atoms with Crippen molar-refractivity contribution >= 4 is 69.4 Å². The van der Waals surface area contributed by atoms with Gasteiger partial charge in [-0.25, -0.2) is 0 Å². The molecule has 0 bridgehead atoms. The topological polar surface area (TPSA) is 205 Å². The van der Waals surface area contributed by atoms with Crippen LogP contribution in [0.3, 0.4) is 0 Å². The molecule has 12 nitrogen and oxygen atoms in total. The number of hydrogen-bond acceptors (Lipinski definition) is 12. The highest BCUT2D eigenvalue weighted by molar-refractivity contribution is 6.33. The smallest absolute Gasteiger partial charge is 0.178 e. The standard InChI is InChI=1S/6C15H10O2/c6*16-14-11-8-4-5-9-12(11)15(17)13(14)10-6-2-1-3-7-10/h6*1-9,13H. The molecule has 0 atom stereocenters. The number of carbonyl (C=O) groups excluding carboxylic acids is 12. The fourth-order valence-electron chi connectivity index (χ4n) is 13.7. The molecule has 0 spiro atoms. The number of rotatable bonds is 6. The van der Waals surface area contributed by atoms with Crippen LogP contribution in [-0.4, -0.2) is 69.4 Å². The minimum atomic E-state index is -0.645. The van der Waals surface area contributed by atoms with Crippen molar-refractivity contribution in [3.05, 3.63) is 428 Å². The molecule has 492 valence electrons. The first-order chi connectivity index (χ1) is 49.7. The second-order valence-electron chi connectivity index (χ2n) is 24.7. The van der Waals surface area contributed by atoms with Crippen molar-refractivity contribution in [3.63, 3.8) is 0 Å². The molecule has 102 heavy (non-hydrogen) atoms. The van der Waals surface area contributed by atoms with Gasteiger partial charge < -0.3 is 0 Å². The van der Waals surface area contributed by atoms with E-state index in [0.717, 1.165) is 33.4 Å². The van der Waals surface area contributed by atoms with Gasteiger partial charge in [-0.3, -0.25) is 57.5 Å². The predicted octanol–water partition coefficient (Wildman–Crippen LogP) is 17.1. The fraction of sp³-hybridized carbons (Fsp3) is 0.0667. The summed E-state index contributed by atoms with van der Waals surface area (Å²) in [5.41, 5.74) is 11.2. The maximum Gasteiger partial charge on any atom is 0.178 e. The van der Waals surface area contributed by atoms with Crippen LogP contribution < -0.4 is 0 Å². The van der Waals surface area contributed by atoms with E-state index >= 15 is 0 Å². The molecule has 0 aliphatic heterocycles. The lowest BCUT2D eigenvalue weighted by Gasteiger charge is -2.05. The van der Waals surface area contributed by atoms with E-state index in [9.17, 15) is 57.5 Å². The van der Waals surface area contributed by atoms with Gasteiger partial charge in [0.05, 0.1) is 0 Å². The summed E-state index contributed by atoms with van der Waals surface area (Å²) >= 11 is 0. The predicted molar refractivity (Wildman–Crippen MR) is 386 cm³/mol. The minimum Gasteiger partial charge on any atom is -0.293 e. The number of ketones is 12. The van der Waals surface area contributed by atoms with E-state index in [0.29, 0.717) is 66.8 Å². The highest BCUT2D eigenvalue weighted by Crippen LogP contribution is 2.39. The second-order valence-corrected chi connectivity index (χ2v) is 24.7. The lowest BCUT2D eigenvalue weighted by molar-refractivity contribution is 0.0874. The Labute approximate surface area is 587 Å². The van der Waals surface area contributed by atoms with Gasteiger partial charge in [-0.15, -0.1) is 0 Å². The number of Topliss-reactive ketones (excluding diaryl/α,β-unsaturated/α-hetero) is 12. The Morgan fingerprint density at radius 3 is 0.275 bits per heavy atom. The van der Waals surface area contributed by atoms with Crippen molar-refractivity contribution in [1.82, 2.24) is 0 Å². The Bertz CT molecular complexity index is 4250. The first-order valence-corrected chi connectivity index (χ1v) is 33.1. The summed E-state index contributed by atoms with van der Waals surface area (Å²) in [5, 5.41) is 0. The molecule has 0 saturated heterocycles. The largest absolute Gasteiger partial charge is 0.293 e. The SMILES string of the molecule is O=C1c2ccccc2C(=O)C1c1ccccc1.O=C1c2ccccc2C(=O)C1c1ccccc1.O=C1c2ccccc2C(=O)C1c1ccccc1.O=C1c2ccccc2C(=O)C1c1ccccc1.O=C1c2ccccc2C(=O)C1c1ccccc1.O=C1c2ccccc2C(=O)C1c1ccccc1. The molecule has 0 aromatic heterocycles. The lowest BCUT2D eigenvalue weighted by atomic mass is 9.94. The molecule has 12 heteroatoms. The summed E-state index contributed by atoms with van der Waals surface area (Å²) in [4.78, 5) is 146. The van der Waals surface area contributed by atoms with Gasteiger partial charge in [0.1, 0.15) is 35.5 Å². The number of hydrogen-bond donors (Lipinski definition) is 0. The Morgan fingerprint density at radius 2 is 0.186 bits per heavy atom. The molecule has 0 amide bonds. The molecule has 18 rings (SSSR count). The minimum absolute atomic E-state index is 0.0863. The van der Waals surface area contributed by atoms with Crippen LogP contribution in [-0.2, 0) is 0 Å². The van der Waals surface area contributed by atoms with Crippen molar-refractivity contribution in [2.24, 2.45) is 0 Å². The van der Waals surface area contributed by atoms with Gasteiger partial charge in [0.2, 0.25) is 0 Å². The van der Waals surface area contributed by atoms with E-state index in [4.69, 9.17) is 0 Å². The summed E-state index contributed by atoms with van der Waals surface area (Å²) in [6.07, 6.45) is 0. The Kier molecular flexibility index (Phi) is 19.7. The van der Waals surface area contributed by atoms with Gasteiger partial charge in [0.25, 0.3) is 0 Å². The van der Waals surface area contributed by atoms with Crippen LogP contribution in [0.15, 0.2) is 328 Å². The van der Waals surface area contributed by atoms with Crippen LogP contribution >= 0.6 is 0 Å². The van der Waals surface area contributed by atoms with Gasteiger partial charge in [0.15, 0.2) is 69.4 Å². The van der Waals surface area contributed by atoms with Crippen LogP contribution in [0.1, 0.15) is 193 Å². The second kappa shape index (κ2) is 29.8. The van der Waals surface area contributed by atoms with Crippen LogP contribution in [0.25, 0.3) is 0 Å². The first kappa shape index (κ1) is 67.3. The summed E-state index contributed by atoms with van der Waals surface area (Å²) < 4.78 is 0. The van der Waals surface area contributed by atoms with Crippen molar-refractivity contribution in [2.45, 2.75) is 35.5 Å². The monoisotopic (exact) mass is 1330 g/mol. The van der Waals surface area contributed by atoms with Crippen LogP contribution in [0.5, 0.6) is 0 Å². The molecule has 6 aliphatic carbocycles. The molecule has 0 saturated carbocycles. The Hall–Kier alpha value is -13.3. The average Bonchev–Trinajstić information content (AvgIpc) is 1.68. The molecular formula is C90H60O12. The van der Waals surface area contributed by atoms with Crippen molar-refractivity contribution in [3.8, 4) is 0 Å². The fourth-order valence-corrected chi connectivity index (χ4v) is 13.7. The molecule has 12 aromatic rings. The number of benzene rings is 12. The summed E-state index contributed by atoms with van der Waals surface area (Å²) in [6, 6.07) is 97.4. The number of carbonyl (C=O) groups is 12. The molecule has 0 fully saturated rings. The summed E-state index contributed by atoms with van der Waals surface area (Å²) in [7, 11) is 0. The zero-order valence-electron chi connectivity index (χ0n) is 54.5. The van der Waals surface area contributed by atoms with Crippen LogP contribution in [0.2, 0.25) is 0 Å². The van der Waals surface area contributed by atoms with Gasteiger partial charge >= 0.3 is 0 Å². The lowest BCUT2D eigenvalue weighted by Crippen LogP contribution is -2.12. The molecule has 6 aliphatic rings. The molecule has 0 radical (unpaired) electrons. The van der Waals surface area contributed by atoms with Gasteiger partial charge in [-0.05, 0) is 33.4 Å². The van der Waals surface area contributed by atoms with Gasteiger partial charge in [-0.2, -0.15) is 0 Å². The van der Waals surface area contributed by atoms with E-state index < -0.39 is 35.5 Å². The van der Waals surface area contributed by atoms with Gasteiger partial charge in [-0.1, -0.05) is 328 Å². The molecular weight excluding hydrogens is 1270 g/mol. The van der Waals surface area contributed by atoms with E-state index in [-0.39, 0.29) is 69.4 Å².